The van der Waals surface area contributed by atoms with Gasteiger partial charge in [0, 0.05) is 6.54 Å². The van der Waals surface area contributed by atoms with E-state index in [4.69, 9.17) is 9.47 Å². The van der Waals surface area contributed by atoms with Crippen LogP contribution in [-0.2, 0) is 17.8 Å². The summed E-state index contributed by atoms with van der Waals surface area (Å²) in [4.78, 5) is 13.6. The van der Waals surface area contributed by atoms with Gasteiger partial charge >= 0.3 is 5.97 Å². The van der Waals surface area contributed by atoms with Crippen molar-refractivity contribution >= 4 is 5.97 Å². The van der Waals surface area contributed by atoms with Crippen molar-refractivity contribution in [3.05, 3.63) is 101 Å². The molecule has 0 bridgehead atoms. The summed E-state index contributed by atoms with van der Waals surface area (Å²) in [6, 6.07) is 22.4. The van der Waals surface area contributed by atoms with E-state index < -0.39 is 12.4 Å². The lowest BCUT2D eigenvalue weighted by Crippen LogP contribution is -2.39. The molecule has 0 aromatic heterocycles. The summed E-state index contributed by atoms with van der Waals surface area (Å²) in [6.07, 6.45) is -1.76. The zero-order valence-electron chi connectivity index (χ0n) is 19.8. The number of esters is 1. The van der Waals surface area contributed by atoms with E-state index in [0.29, 0.717) is 25.1 Å². The highest BCUT2D eigenvalue weighted by molar-refractivity contribution is 5.89. The predicted octanol–water partition coefficient (Wildman–Crippen LogP) is 6.29. The fourth-order valence-corrected chi connectivity index (χ4v) is 4.17. The Kier molecular flexibility index (Phi) is 9.16. The third-order valence-electron chi connectivity index (χ3n) is 5.71. The first-order valence-electron chi connectivity index (χ1n) is 11.5. The molecule has 0 saturated carbocycles. The molecule has 4 nitrogen and oxygen atoms in total. The fourth-order valence-electron chi connectivity index (χ4n) is 4.17. The van der Waals surface area contributed by atoms with Crippen LogP contribution in [0.25, 0.3) is 0 Å². The lowest BCUT2D eigenvalue weighted by molar-refractivity contribution is 0.0600. The Morgan fingerprint density at radius 3 is 2.38 bits per heavy atom. The van der Waals surface area contributed by atoms with Crippen molar-refractivity contribution in [1.82, 2.24) is 4.90 Å². The van der Waals surface area contributed by atoms with Gasteiger partial charge < -0.3 is 9.47 Å². The average molecular weight is 468 g/mol. The minimum atomic E-state index is -2.43. The summed E-state index contributed by atoms with van der Waals surface area (Å²) in [5, 5.41) is 0. The lowest BCUT2D eigenvalue weighted by Gasteiger charge is -2.37. The van der Waals surface area contributed by atoms with Gasteiger partial charge in [0.25, 0.3) is 6.43 Å². The maximum atomic E-state index is 13.3. The fraction of sp³-hybridized carbons (Fsp3) is 0.321. The van der Waals surface area contributed by atoms with E-state index in [2.05, 4.69) is 0 Å². The van der Waals surface area contributed by atoms with Crippen LogP contribution in [0.5, 0.6) is 5.75 Å². The minimum Gasteiger partial charge on any atom is -0.489 e. The second kappa shape index (κ2) is 12.3. The number of nitrogens with zero attached hydrogens (tertiary/aromatic N) is 1. The molecule has 0 amide bonds. The van der Waals surface area contributed by atoms with Gasteiger partial charge in [-0.1, -0.05) is 62.4 Å². The van der Waals surface area contributed by atoms with Gasteiger partial charge in [-0.3, -0.25) is 4.90 Å². The molecule has 0 fully saturated rings. The van der Waals surface area contributed by atoms with E-state index >= 15 is 0 Å². The summed E-state index contributed by atoms with van der Waals surface area (Å²) in [5.41, 5.74) is 4.43. The normalized spacial score (nSPS) is 15.2. The first kappa shape index (κ1) is 25.4. The topological polar surface area (TPSA) is 38.8 Å². The van der Waals surface area contributed by atoms with Gasteiger partial charge in [-0.15, -0.1) is 0 Å². The molecule has 0 saturated heterocycles. The number of ether oxygens (including phenoxy) is 2. The Balaban J connectivity index is 0.00000158. The maximum Gasteiger partial charge on any atom is 0.337 e. The van der Waals surface area contributed by atoms with Crippen LogP contribution in [0.4, 0.5) is 8.78 Å². The number of hydrogen-bond acceptors (Lipinski definition) is 4. The standard InChI is InChI=1S/C26H25F2NO3.C2H6/c1-31-26(30)20-9-7-19(8-10-20)25-23-12-11-22(32-17-18-5-3-2-4-6-18)15-21(23)13-14-29(25)16-24(27)28;1-2/h2-12,15,24-25H,13-14,16-17H2,1H3;1-2H3/t25-;/m1./s1. The number of halogens is 2. The first-order valence-corrected chi connectivity index (χ1v) is 11.5. The highest BCUT2D eigenvalue weighted by atomic mass is 19.3. The van der Waals surface area contributed by atoms with Crippen molar-refractivity contribution in [2.75, 3.05) is 20.2 Å². The van der Waals surface area contributed by atoms with Gasteiger partial charge in [-0.25, -0.2) is 13.6 Å². The summed E-state index contributed by atoms with van der Waals surface area (Å²) >= 11 is 0. The van der Waals surface area contributed by atoms with Crippen molar-refractivity contribution in [2.45, 2.75) is 39.3 Å². The third-order valence-corrected chi connectivity index (χ3v) is 5.71. The van der Waals surface area contributed by atoms with E-state index in [1.807, 2.05) is 74.5 Å². The van der Waals surface area contributed by atoms with Gasteiger partial charge in [0.15, 0.2) is 0 Å². The molecular formula is C28H31F2NO3. The van der Waals surface area contributed by atoms with E-state index in [0.717, 1.165) is 28.0 Å². The molecule has 6 heteroatoms. The van der Waals surface area contributed by atoms with Crippen LogP contribution in [0.15, 0.2) is 72.8 Å². The van der Waals surface area contributed by atoms with E-state index in [-0.39, 0.29) is 12.6 Å². The molecule has 180 valence electrons. The quantitative estimate of drug-likeness (QED) is 0.383. The van der Waals surface area contributed by atoms with Crippen LogP contribution in [0, 0.1) is 0 Å². The van der Waals surface area contributed by atoms with Crippen molar-refractivity contribution < 1.29 is 23.0 Å². The predicted molar refractivity (Wildman–Crippen MR) is 129 cm³/mol. The van der Waals surface area contributed by atoms with Crippen LogP contribution in [0.2, 0.25) is 0 Å². The monoisotopic (exact) mass is 467 g/mol. The number of benzene rings is 3. The number of carbonyl (C=O) groups is 1. The van der Waals surface area contributed by atoms with Gasteiger partial charge in [0.05, 0.1) is 25.3 Å². The Hall–Kier alpha value is -3.25. The zero-order valence-corrected chi connectivity index (χ0v) is 19.8. The third kappa shape index (κ3) is 6.20. The molecule has 3 aromatic rings. The van der Waals surface area contributed by atoms with Gasteiger partial charge in [0.2, 0.25) is 0 Å². The van der Waals surface area contributed by atoms with E-state index in [1.165, 1.54) is 7.11 Å². The Morgan fingerprint density at radius 2 is 1.74 bits per heavy atom. The van der Waals surface area contributed by atoms with Gasteiger partial charge in [-0.2, -0.15) is 0 Å². The van der Waals surface area contributed by atoms with Gasteiger partial charge in [0.1, 0.15) is 12.4 Å². The zero-order chi connectivity index (χ0) is 24.5. The molecule has 0 unspecified atom stereocenters. The number of fused-ring (bicyclic) bond motifs is 1. The van der Waals surface area contributed by atoms with Crippen molar-refractivity contribution in [3.63, 3.8) is 0 Å². The molecule has 0 aliphatic carbocycles. The molecule has 1 atom stereocenters. The van der Waals surface area contributed by atoms with E-state index in [1.54, 1.807) is 17.0 Å². The summed E-state index contributed by atoms with van der Waals surface area (Å²) in [6.45, 7) is 4.67. The lowest BCUT2D eigenvalue weighted by atomic mass is 9.87. The molecule has 1 aliphatic heterocycles. The molecule has 1 heterocycles. The molecule has 4 rings (SSSR count). The molecule has 3 aromatic carbocycles. The average Bonchev–Trinajstić information content (AvgIpc) is 2.88. The molecule has 1 aliphatic rings. The van der Waals surface area contributed by atoms with Crippen LogP contribution in [-0.4, -0.2) is 37.5 Å². The van der Waals surface area contributed by atoms with Crippen LogP contribution >= 0.6 is 0 Å². The Bertz CT molecular complexity index is 1060. The van der Waals surface area contributed by atoms with Crippen molar-refractivity contribution in [2.24, 2.45) is 0 Å². The summed E-state index contributed by atoms with van der Waals surface area (Å²) in [7, 11) is 1.33. The first-order chi connectivity index (χ1) is 16.5. The van der Waals surface area contributed by atoms with Crippen LogP contribution < -0.4 is 4.74 Å². The Labute approximate surface area is 200 Å². The highest BCUT2D eigenvalue weighted by Gasteiger charge is 2.30. The SMILES string of the molecule is CC.COC(=O)c1ccc([C@@H]2c3ccc(OCc4ccccc4)cc3CCN2CC(F)F)cc1. The van der Waals surface area contributed by atoms with Crippen molar-refractivity contribution in [1.29, 1.82) is 0 Å². The number of alkyl halides is 2. The number of rotatable bonds is 7. The smallest absolute Gasteiger partial charge is 0.337 e. The van der Waals surface area contributed by atoms with Crippen LogP contribution in [0.1, 0.15) is 52.5 Å². The molecular weight excluding hydrogens is 436 g/mol. The van der Waals surface area contributed by atoms with Crippen molar-refractivity contribution in [3.8, 4) is 5.75 Å². The number of carbonyl (C=O) groups excluding carboxylic acids is 1. The minimum absolute atomic E-state index is 0.310. The molecule has 0 spiro atoms. The second-order valence-corrected chi connectivity index (χ2v) is 7.79. The molecule has 34 heavy (non-hydrogen) atoms. The largest absolute Gasteiger partial charge is 0.489 e. The summed E-state index contributed by atoms with van der Waals surface area (Å²) in [5.74, 6) is 0.333. The second-order valence-electron chi connectivity index (χ2n) is 7.79. The van der Waals surface area contributed by atoms with Gasteiger partial charge in [-0.05, 0) is 52.9 Å². The maximum absolute atomic E-state index is 13.3. The summed E-state index contributed by atoms with van der Waals surface area (Å²) < 4.78 is 37.3. The molecule has 0 radical (unpaired) electrons. The number of methoxy groups -OCH3 is 1. The van der Waals surface area contributed by atoms with E-state index in [9.17, 15) is 13.6 Å². The van der Waals surface area contributed by atoms with Crippen LogP contribution in [0.3, 0.4) is 0 Å². The Morgan fingerprint density at radius 1 is 1.03 bits per heavy atom. The number of hydrogen-bond donors (Lipinski definition) is 0. The highest BCUT2D eigenvalue weighted by Crippen LogP contribution is 2.37. The molecule has 0 N–H and O–H groups in total.